The Balaban J connectivity index is 1.49. The number of piperidine rings is 2. The molecule has 1 spiro atoms. The first-order valence-corrected chi connectivity index (χ1v) is 9.94. The monoisotopic (exact) mass is 378 g/mol. The number of ketones is 1. The van der Waals surface area contributed by atoms with Gasteiger partial charge in [0.15, 0.2) is 5.78 Å². The third kappa shape index (κ3) is 3.91. The molecule has 6 heteroatoms. The number of nitrogens with zero attached hydrogens (tertiary/aromatic N) is 4. The maximum atomic E-state index is 12.5. The van der Waals surface area contributed by atoms with E-state index in [0.717, 1.165) is 50.4 Å². The van der Waals surface area contributed by atoms with Gasteiger partial charge in [-0.2, -0.15) is 0 Å². The minimum absolute atomic E-state index is 0.0325. The molecule has 2 aliphatic rings. The second kappa shape index (κ2) is 7.70. The number of carbonyl (C=O) groups excluding carboxylic acids is 2. The van der Waals surface area contributed by atoms with Gasteiger partial charge in [0.05, 0.1) is 12.2 Å². The summed E-state index contributed by atoms with van der Waals surface area (Å²) in [4.78, 5) is 37.2. The van der Waals surface area contributed by atoms with Crippen LogP contribution in [0, 0.1) is 5.41 Å². The maximum Gasteiger partial charge on any atom is 0.222 e. The number of pyridine rings is 2. The summed E-state index contributed by atoms with van der Waals surface area (Å²) in [6, 6.07) is 9.62. The van der Waals surface area contributed by atoms with E-state index in [-0.39, 0.29) is 17.1 Å². The van der Waals surface area contributed by atoms with Crippen LogP contribution < -0.4 is 4.90 Å². The van der Waals surface area contributed by atoms with E-state index in [9.17, 15) is 9.59 Å². The fourth-order valence-electron chi connectivity index (χ4n) is 4.45. The van der Waals surface area contributed by atoms with Gasteiger partial charge in [0.25, 0.3) is 0 Å². The Morgan fingerprint density at radius 3 is 2.75 bits per heavy atom. The summed E-state index contributed by atoms with van der Waals surface area (Å²) in [7, 11) is 0. The number of anilines is 1. The second-order valence-corrected chi connectivity index (χ2v) is 8.06. The highest BCUT2D eigenvalue weighted by Gasteiger charge is 2.42. The van der Waals surface area contributed by atoms with E-state index in [0.29, 0.717) is 18.5 Å². The van der Waals surface area contributed by atoms with Crippen molar-refractivity contribution in [1.82, 2.24) is 14.9 Å². The van der Waals surface area contributed by atoms with E-state index in [2.05, 4.69) is 14.9 Å². The lowest BCUT2D eigenvalue weighted by molar-refractivity contribution is -0.138. The van der Waals surface area contributed by atoms with Crippen molar-refractivity contribution in [2.45, 2.75) is 39.2 Å². The highest BCUT2D eigenvalue weighted by atomic mass is 16.2. The largest absolute Gasteiger partial charge is 0.356 e. The molecule has 2 aromatic heterocycles. The van der Waals surface area contributed by atoms with Crippen LogP contribution in [-0.2, 0) is 11.3 Å². The summed E-state index contributed by atoms with van der Waals surface area (Å²) in [5, 5.41) is 0. The zero-order valence-electron chi connectivity index (χ0n) is 16.3. The number of rotatable bonds is 4. The molecule has 28 heavy (non-hydrogen) atoms. The smallest absolute Gasteiger partial charge is 0.222 e. The van der Waals surface area contributed by atoms with Gasteiger partial charge in [-0.05, 0) is 50.5 Å². The van der Waals surface area contributed by atoms with Crippen molar-refractivity contribution in [3.05, 3.63) is 54.0 Å². The molecule has 0 bridgehead atoms. The van der Waals surface area contributed by atoms with Gasteiger partial charge in [0, 0.05) is 49.4 Å². The van der Waals surface area contributed by atoms with Crippen LogP contribution >= 0.6 is 0 Å². The Morgan fingerprint density at radius 2 is 2.04 bits per heavy atom. The van der Waals surface area contributed by atoms with Crippen molar-refractivity contribution >= 4 is 17.5 Å². The number of Topliss-reactive ketones (excluding diaryl/α,β-unsaturated/α-hetero) is 1. The van der Waals surface area contributed by atoms with Crippen molar-refractivity contribution in [2.24, 2.45) is 5.41 Å². The molecule has 4 heterocycles. The molecule has 0 N–H and O–H groups in total. The van der Waals surface area contributed by atoms with Crippen LogP contribution in [0.25, 0.3) is 0 Å². The summed E-state index contributed by atoms with van der Waals surface area (Å²) in [5.74, 6) is 1.17. The van der Waals surface area contributed by atoms with Gasteiger partial charge in [0.2, 0.25) is 5.91 Å². The summed E-state index contributed by atoms with van der Waals surface area (Å²) >= 11 is 0. The number of amides is 1. The van der Waals surface area contributed by atoms with E-state index < -0.39 is 0 Å². The Bertz CT molecular complexity index is 853. The molecule has 2 saturated heterocycles. The number of likely N-dealkylation sites (tertiary alicyclic amines) is 1. The molecule has 1 amide bonds. The Labute approximate surface area is 165 Å². The second-order valence-electron chi connectivity index (χ2n) is 8.06. The van der Waals surface area contributed by atoms with Crippen molar-refractivity contribution in [3.8, 4) is 0 Å². The minimum atomic E-state index is 0.0325. The molecule has 146 valence electrons. The van der Waals surface area contributed by atoms with Gasteiger partial charge in [-0.15, -0.1) is 0 Å². The van der Waals surface area contributed by atoms with E-state index >= 15 is 0 Å². The van der Waals surface area contributed by atoms with Crippen LogP contribution in [0.3, 0.4) is 0 Å². The molecule has 0 radical (unpaired) electrons. The molecule has 6 nitrogen and oxygen atoms in total. The highest BCUT2D eigenvalue weighted by molar-refractivity contribution is 5.93. The topological polar surface area (TPSA) is 66.4 Å². The lowest BCUT2D eigenvalue weighted by Gasteiger charge is -2.48. The zero-order chi connectivity index (χ0) is 19.6. The van der Waals surface area contributed by atoms with Gasteiger partial charge >= 0.3 is 0 Å². The number of carbonyl (C=O) groups is 2. The molecule has 0 aromatic carbocycles. The van der Waals surface area contributed by atoms with Gasteiger partial charge in [-0.25, -0.2) is 4.98 Å². The number of hydrogen-bond acceptors (Lipinski definition) is 5. The zero-order valence-corrected chi connectivity index (χ0v) is 16.3. The first-order valence-electron chi connectivity index (χ1n) is 9.94. The number of aromatic nitrogens is 2. The SMILES string of the molecule is CC(=O)c1ccc(N2CCC[C@@]3(CCC(=O)N(Cc4ccccn4)C3)C2)nc1. The van der Waals surface area contributed by atoms with E-state index in [1.54, 1.807) is 19.3 Å². The lowest BCUT2D eigenvalue weighted by atomic mass is 9.73. The standard InChI is InChI=1S/C22H26N4O2/c1-17(27)18-6-7-20(24-13-18)25-12-4-9-22(15-25)10-8-21(28)26(16-22)14-19-5-2-3-11-23-19/h2-3,5-7,11,13H,4,8-10,12,14-16H2,1H3/t22-/m1/s1. The van der Waals surface area contributed by atoms with E-state index in [1.165, 1.54) is 0 Å². The Hall–Kier alpha value is -2.76. The highest BCUT2D eigenvalue weighted by Crippen LogP contribution is 2.40. The molecule has 0 saturated carbocycles. The minimum Gasteiger partial charge on any atom is -0.356 e. The van der Waals surface area contributed by atoms with Crippen molar-refractivity contribution in [3.63, 3.8) is 0 Å². The average Bonchev–Trinajstić information content (AvgIpc) is 2.72. The summed E-state index contributed by atoms with van der Waals surface area (Å²) in [6.45, 7) is 4.76. The molecule has 2 fully saturated rings. The lowest BCUT2D eigenvalue weighted by Crippen LogP contribution is -2.54. The normalized spacial score (nSPS) is 22.5. The van der Waals surface area contributed by atoms with Crippen LogP contribution in [0.4, 0.5) is 5.82 Å². The Kier molecular flexibility index (Phi) is 5.11. The van der Waals surface area contributed by atoms with Gasteiger partial charge in [-0.3, -0.25) is 14.6 Å². The van der Waals surface area contributed by atoms with E-state index in [1.807, 2.05) is 35.2 Å². The molecular weight excluding hydrogens is 352 g/mol. The molecule has 1 atom stereocenters. The molecule has 0 aliphatic carbocycles. The van der Waals surface area contributed by atoms with Gasteiger partial charge in [0.1, 0.15) is 5.82 Å². The van der Waals surface area contributed by atoms with Crippen LogP contribution in [0.15, 0.2) is 42.7 Å². The number of hydrogen-bond donors (Lipinski definition) is 0. The summed E-state index contributed by atoms with van der Waals surface area (Å²) in [6.07, 6.45) is 7.17. The molecule has 2 aromatic rings. The predicted octanol–water partition coefficient (Wildman–Crippen LogP) is 3.09. The third-order valence-corrected chi connectivity index (χ3v) is 5.97. The first kappa shape index (κ1) is 18.6. The third-order valence-electron chi connectivity index (χ3n) is 5.97. The van der Waals surface area contributed by atoms with Crippen LogP contribution in [0.2, 0.25) is 0 Å². The first-order chi connectivity index (χ1) is 13.5. The fraction of sp³-hybridized carbons (Fsp3) is 0.455. The summed E-state index contributed by atoms with van der Waals surface area (Å²) < 4.78 is 0. The fourth-order valence-corrected chi connectivity index (χ4v) is 4.45. The van der Waals surface area contributed by atoms with Crippen LogP contribution in [0.1, 0.15) is 48.7 Å². The molecule has 4 rings (SSSR count). The predicted molar refractivity (Wildman–Crippen MR) is 107 cm³/mol. The average molecular weight is 378 g/mol. The van der Waals surface area contributed by atoms with Crippen molar-refractivity contribution in [2.75, 3.05) is 24.5 Å². The maximum absolute atomic E-state index is 12.5. The van der Waals surface area contributed by atoms with Gasteiger partial charge in [-0.1, -0.05) is 6.07 Å². The quantitative estimate of drug-likeness (QED) is 0.765. The Morgan fingerprint density at radius 1 is 1.14 bits per heavy atom. The van der Waals surface area contributed by atoms with E-state index in [4.69, 9.17) is 0 Å². The van der Waals surface area contributed by atoms with Crippen molar-refractivity contribution in [1.29, 1.82) is 0 Å². The van der Waals surface area contributed by atoms with Crippen LogP contribution in [-0.4, -0.2) is 46.2 Å². The van der Waals surface area contributed by atoms with Crippen LogP contribution in [0.5, 0.6) is 0 Å². The molecule has 0 unspecified atom stereocenters. The molecule has 2 aliphatic heterocycles. The molecular formula is C22H26N4O2. The van der Waals surface area contributed by atoms with Crippen molar-refractivity contribution < 1.29 is 9.59 Å². The summed E-state index contributed by atoms with van der Waals surface area (Å²) in [5.41, 5.74) is 1.67. The van der Waals surface area contributed by atoms with Gasteiger partial charge < -0.3 is 9.80 Å².